The summed E-state index contributed by atoms with van der Waals surface area (Å²) in [5, 5.41) is 3.00. The van der Waals surface area contributed by atoms with Crippen LogP contribution in [0, 0.1) is 5.92 Å². The van der Waals surface area contributed by atoms with Crippen LogP contribution < -0.4 is 5.32 Å². The second-order valence-electron chi connectivity index (χ2n) is 7.32. The van der Waals surface area contributed by atoms with E-state index in [1.807, 2.05) is 6.92 Å². The van der Waals surface area contributed by atoms with E-state index in [2.05, 4.69) is 19.2 Å². The number of benzene rings is 1. The topological polar surface area (TPSA) is 66.5 Å². The van der Waals surface area contributed by atoms with Crippen LogP contribution in [-0.2, 0) is 14.8 Å². The van der Waals surface area contributed by atoms with E-state index in [-0.39, 0.29) is 16.8 Å². The first kappa shape index (κ1) is 19.9. The van der Waals surface area contributed by atoms with E-state index in [1.165, 1.54) is 4.31 Å². The molecule has 1 aliphatic rings. The van der Waals surface area contributed by atoms with Crippen LogP contribution in [0.3, 0.4) is 0 Å². The first-order valence-electron chi connectivity index (χ1n) is 9.19. The molecule has 0 bridgehead atoms. The molecule has 140 valence electrons. The van der Waals surface area contributed by atoms with Gasteiger partial charge in [-0.15, -0.1) is 0 Å². The standard InChI is InChI=1S/C19H30N2O3S/c1-15(2)9-7-10-16(3)20-19(22)18-13-8-14-21(18)25(23,24)17-11-5-4-6-12-17/h4-6,11-12,15-16,18H,7-10,13-14H2,1-3H3,(H,20,22)/t16-,18+/m0/s1. The number of rotatable bonds is 8. The molecule has 1 aliphatic heterocycles. The highest BCUT2D eigenvalue weighted by Gasteiger charge is 2.39. The Hall–Kier alpha value is -1.40. The SMILES string of the molecule is CC(C)CCC[C@H](C)NC(=O)[C@H]1CCCN1S(=O)(=O)c1ccccc1. The van der Waals surface area contributed by atoms with E-state index in [0.717, 1.165) is 19.3 Å². The van der Waals surface area contributed by atoms with Gasteiger partial charge in [-0.3, -0.25) is 4.79 Å². The molecular formula is C19H30N2O3S. The summed E-state index contributed by atoms with van der Waals surface area (Å²) in [6.45, 7) is 6.77. The van der Waals surface area contributed by atoms with E-state index < -0.39 is 16.1 Å². The Labute approximate surface area is 151 Å². The van der Waals surface area contributed by atoms with Gasteiger partial charge in [-0.05, 0) is 44.2 Å². The van der Waals surface area contributed by atoms with Crippen LogP contribution in [0.1, 0.15) is 52.9 Å². The van der Waals surface area contributed by atoms with Crippen molar-refractivity contribution in [2.24, 2.45) is 5.92 Å². The van der Waals surface area contributed by atoms with Gasteiger partial charge >= 0.3 is 0 Å². The van der Waals surface area contributed by atoms with Crippen molar-refractivity contribution >= 4 is 15.9 Å². The second kappa shape index (κ2) is 8.81. The lowest BCUT2D eigenvalue weighted by atomic mass is 10.0. The van der Waals surface area contributed by atoms with Crippen molar-refractivity contribution in [3.05, 3.63) is 30.3 Å². The average Bonchev–Trinajstić information content (AvgIpc) is 3.06. The largest absolute Gasteiger partial charge is 0.352 e. The van der Waals surface area contributed by atoms with Crippen molar-refractivity contribution in [1.29, 1.82) is 0 Å². The number of hydrogen-bond acceptors (Lipinski definition) is 3. The molecule has 0 unspecified atom stereocenters. The zero-order chi connectivity index (χ0) is 18.4. The van der Waals surface area contributed by atoms with Gasteiger partial charge in [0, 0.05) is 12.6 Å². The molecule has 5 nitrogen and oxygen atoms in total. The molecule has 1 aromatic rings. The molecule has 0 saturated carbocycles. The molecule has 0 aliphatic carbocycles. The van der Waals surface area contributed by atoms with Crippen LogP contribution in [-0.4, -0.2) is 37.3 Å². The van der Waals surface area contributed by atoms with Gasteiger partial charge in [-0.25, -0.2) is 8.42 Å². The summed E-state index contributed by atoms with van der Waals surface area (Å²) in [6.07, 6.45) is 4.42. The van der Waals surface area contributed by atoms with Crippen LogP contribution in [0.2, 0.25) is 0 Å². The number of nitrogens with zero attached hydrogens (tertiary/aromatic N) is 1. The summed E-state index contributed by atoms with van der Waals surface area (Å²) in [5.41, 5.74) is 0. The Bertz CT molecular complexity index is 659. The van der Waals surface area contributed by atoms with Crippen molar-refractivity contribution in [2.75, 3.05) is 6.54 Å². The van der Waals surface area contributed by atoms with E-state index in [0.29, 0.717) is 25.3 Å². The van der Waals surface area contributed by atoms with Gasteiger partial charge in [0.05, 0.1) is 4.90 Å². The molecule has 2 atom stereocenters. The first-order valence-corrected chi connectivity index (χ1v) is 10.6. The van der Waals surface area contributed by atoms with E-state index >= 15 is 0 Å². The zero-order valence-electron chi connectivity index (χ0n) is 15.4. The molecule has 25 heavy (non-hydrogen) atoms. The van der Waals surface area contributed by atoms with Crippen molar-refractivity contribution in [3.63, 3.8) is 0 Å². The third kappa shape index (κ3) is 5.28. The molecule has 0 spiro atoms. The van der Waals surface area contributed by atoms with Crippen LogP contribution in [0.4, 0.5) is 0 Å². The Balaban J connectivity index is 2.00. The smallest absolute Gasteiger partial charge is 0.243 e. The summed E-state index contributed by atoms with van der Waals surface area (Å²) in [7, 11) is -3.62. The molecule has 6 heteroatoms. The predicted molar refractivity (Wildman–Crippen MR) is 99.6 cm³/mol. The fraction of sp³-hybridized carbons (Fsp3) is 0.632. The normalized spacial score (nSPS) is 19.9. The van der Waals surface area contributed by atoms with Crippen molar-refractivity contribution in [3.8, 4) is 0 Å². The molecule has 0 aromatic heterocycles. The zero-order valence-corrected chi connectivity index (χ0v) is 16.3. The van der Waals surface area contributed by atoms with Gasteiger partial charge < -0.3 is 5.32 Å². The van der Waals surface area contributed by atoms with Crippen molar-refractivity contribution in [2.45, 2.75) is 69.9 Å². The van der Waals surface area contributed by atoms with Crippen LogP contribution in [0.25, 0.3) is 0 Å². The summed E-state index contributed by atoms with van der Waals surface area (Å²) in [6, 6.07) is 7.81. The number of nitrogens with one attached hydrogen (secondary N) is 1. The molecule has 1 N–H and O–H groups in total. The third-order valence-corrected chi connectivity index (χ3v) is 6.59. The Morgan fingerprint density at radius 1 is 1.20 bits per heavy atom. The predicted octanol–water partition coefficient (Wildman–Crippen LogP) is 3.17. The van der Waals surface area contributed by atoms with E-state index in [1.54, 1.807) is 30.3 Å². The number of amides is 1. The third-order valence-electron chi connectivity index (χ3n) is 4.66. The van der Waals surface area contributed by atoms with Crippen LogP contribution in [0.15, 0.2) is 35.2 Å². The Morgan fingerprint density at radius 2 is 1.88 bits per heavy atom. The van der Waals surface area contributed by atoms with Crippen molar-refractivity contribution < 1.29 is 13.2 Å². The number of sulfonamides is 1. The van der Waals surface area contributed by atoms with Crippen LogP contribution in [0.5, 0.6) is 0 Å². The van der Waals surface area contributed by atoms with Gasteiger partial charge in [0.15, 0.2) is 0 Å². The summed E-state index contributed by atoms with van der Waals surface area (Å²) >= 11 is 0. The molecule has 1 saturated heterocycles. The van der Waals surface area contributed by atoms with Gasteiger partial charge in [-0.2, -0.15) is 4.31 Å². The summed E-state index contributed by atoms with van der Waals surface area (Å²) in [5.74, 6) is 0.485. The maximum atomic E-state index is 12.8. The first-order chi connectivity index (χ1) is 11.8. The molecule has 2 rings (SSSR count). The minimum Gasteiger partial charge on any atom is -0.352 e. The highest BCUT2D eigenvalue weighted by Crippen LogP contribution is 2.26. The minimum absolute atomic E-state index is 0.0631. The molecule has 1 heterocycles. The number of carbonyl (C=O) groups excluding carboxylic acids is 1. The van der Waals surface area contributed by atoms with Crippen LogP contribution >= 0.6 is 0 Å². The summed E-state index contributed by atoms with van der Waals surface area (Å²) < 4.78 is 27.0. The molecule has 1 amide bonds. The van der Waals surface area contributed by atoms with Gasteiger partial charge in [0.25, 0.3) is 0 Å². The van der Waals surface area contributed by atoms with E-state index in [9.17, 15) is 13.2 Å². The second-order valence-corrected chi connectivity index (χ2v) is 9.21. The minimum atomic E-state index is -3.62. The monoisotopic (exact) mass is 366 g/mol. The van der Waals surface area contributed by atoms with Crippen molar-refractivity contribution in [1.82, 2.24) is 9.62 Å². The van der Waals surface area contributed by atoms with Gasteiger partial charge in [0.1, 0.15) is 6.04 Å². The molecule has 1 fully saturated rings. The maximum Gasteiger partial charge on any atom is 0.243 e. The fourth-order valence-electron chi connectivity index (χ4n) is 3.26. The Morgan fingerprint density at radius 3 is 2.52 bits per heavy atom. The lowest BCUT2D eigenvalue weighted by Gasteiger charge is -2.25. The summed E-state index contributed by atoms with van der Waals surface area (Å²) in [4.78, 5) is 12.9. The van der Waals surface area contributed by atoms with Gasteiger partial charge in [0.2, 0.25) is 15.9 Å². The quantitative estimate of drug-likeness (QED) is 0.768. The average molecular weight is 367 g/mol. The lowest BCUT2D eigenvalue weighted by molar-refractivity contribution is -0.124. The number of hydrogen-bond donors (Lipinski definition) is 1. The lowest BCUT2D eigenvalue weighted by Crippen LogP contribution is -2.48. The highest BCUT2D eigenvalue weighted by atomic mass is 32.2. The molecular weight excluding hydrogens is 336 g/mol. The van der Waals surface area contributed by atoms with E-state index in [4.69, 9.17) is 0 Å². The van der Waals surface area contributed by atoms with Gasteiger partial charge in [-0.1, -0.05) is 44.9 Å². The fourth-order valence-corrected chi connectivity index (χ4v) is 4.94. The molecule has 1 aromatic carbocycles. The highest BCUT2D eigenvalue weighted by molar-refractivity contribution is 7.89. The number of carbonyl (C=O) groups is 1. The molecule has 0 radical (unpaired) electrons. The maximum absolute atomic E-state index is 12.8. The Kier molecular flexibility index (Phi) is 7.02.